The van der Waals surface area contributed by atoms with E-state index in [0.29, 0.717) is 24.0 Å². The zero-order chi connectivity index (χ0) is 61.7. The van der Waals surface area contributed by atoms with Crippen LogP contribution in [0.25, 0.3) is 10.9 Å². The van der Waals surface area contributed by atoms with E-state index in [2.05, 4.69) is 62.8 Å². The molecule has 1 aromatic heterocycles. The van der Waals surface area contributed by atoms with E-state index in [1.54, 1.807) is 62.5 Å². The van der Waals surface area contributed by atoms with Gasteiger partial charge in [0.1, 0.15) is 54.4 Å². The smallest absolute Gasteiger partial charge is 0.325 e. The summed E-state index contributed by atoms with van der Waals surface area (Å²) in [5.41, 5.74) is 19.0. The Labute approximate surface area is 498 Å². The number of nitrogens with zero attached hydrogens (tertiary/aromatic N) is 3. The number of carbonyl (C=O) groups is 11. The highest BCUT2D eigenvalue weighted by molar-refractivity contribution is 8.76. The number of fused-ring (bicyclic) bond motifs is 1. The maximum absolute atomic E-state index is 14.8. The highest BCUT2D eigenvalue weighted by atomic mass is 33.1. The molecule has 0 aliphatic carbocycles. The Bertz CT molecular complexity index is 2950. The third-order valence-corrected chi connectivity index (χ3v) is 16.8. The Kier molecular flexibility index (Phi) is 24.8. The minimum absolute atomic E-state index is 0.00617. The molecule has 4 heterocycles. The molecule has 30 heteroatoms. The van der Waals surface area contributed by atoms with Gasteiger partial charge in [-0.1, -0.05) is 104 Å². The number of carbonyl (C=O) groups excluding carboxylic acids is 10. The second-order valence-electron chi connectivity index (χ2n) is 21.2. The number of hydrogen-bond acceptors (Lipinski definition) is 16. The Balaban J connectivity index is 1.42. The van der Waals surface area contributed by atoms with Gasteiger partial charge in [-0.25, -0.2) is 9.69 Å². The van der Waals surface area contributed by atoms with E-state index in [9.17, 15) is 57.8 Å². The average Bonchev–Trinajstić information content (AvgIpc) is 3.94. The van der Waals surface area contributed by atoms with Crippen LogP contribution in [0.5, 0.6) is 0 Å². The summed E-state index contributed by atoms with van der Waals surface area (Å²) < 4.78 is 0. The highest BCUT2D eigenvalue weighted by Crippen LogP contribution is 2.26. The fourth-order valence-electron chi connectivity index (χ4n) is 9.70. The van der Waals surface area contributed by atoms with Crippen LogP contribution >= 0.6 is 21.6 Å². The van der Waals surface area contributed by atoms with Crippen LogP contribution in [0.3, 0.4) is 0 Å². The van der Waals surface area contributed by atoms with E-state index < -0.39 is 138 Å². The molecule has 28 nitrogen and oxygen atoms in total. The molecule has 0 radical (unpaired) electrons. The van der Waals surface area contributed by atoms with Crippen molar-refractivity contribution in [3.8, 4) is 0 Å². The average molecular weight is 1220 g/mol. The molecule has 0 spiro atoms. The Hall–Kier alpha value is -8.41. The third-order valence-electron chi connectivity index (χ3n) is 14.3. The second-order valence-corrected chi connectivity index (χ2v) is 23.7. The van der Waals surface area contributed by atoms with Crippen LogP contribution in [0.1, 0.15) is 83.3 Å². The van der Waals surface area contributed by atoms with Crippen LogP contribution < -0.4 is 65.1 Å². The van der Waals surface area contributed by atoms with Crippen molar-refractivity contribution in [2.24, 2.45) is 33.1 Å². The number of H-pyrrole nitrogens is 1. The molecular formula is C55H76N16O12S2. The molecule has 10 atom stereocenters. The summed E-state index contributed by atoms with van der Waals surface area (Å²) in [5.74, 6) is -10.6. The number of primary amides is 1. The van der Waals surface area contributed by atoms with Gasteiger partial charge in [-0.15, -0.1) is 0 Å². The first-order valence-corrected chi connectivity index (χ1v) is 30.5. The number of carboxylic acid groups (broad SMARTS) is 1. The van der Waals surface area contributed by atoms with E-state index in [1.807, 2.05) is 19.1 Å². The van der Waals surface area contributed by atoms with Crippen molar-refractivity contribution in [3.05, 3.63) is 71.9 Å². The number of urea groups is 1. The monoisotopic (exact) mass is 1220 g/mol. The molecule has 17 N–H and O–H groups in total. The van der Waals surface area contributed by atoms with Gasteiger partial charge in [-0.3, -0.25) is 57.9 Å². The van der Waals surface area contributed by atoms with Crippen molar-refractivity contribution in [1.29, 1.82) is 0 Å². The summed E-state index contributed by atoms with van der Waals surface area (Å²) in [6, 6.07) is 1.58. The number of amides is 11. The number of nitrogens with two attached hydrogens (primary N) is 3. The molecule has 11 amide bonds. The van der Waals surface area contributed by atoms with Crippen LogP contribution in [-0.2, 0) is 60.8 Å². The lowest BCUT2D eigenvalue weighted by Gasteiger charge is -2.29. The first-order valence-electron chi connectivity index (χ1n) is 28.0. The van der Waals surface area contributed by atoms with Gasteiger partial charge in [0.05, 0.1) is 12.9 Å². The van der Waals surface area contributed by atoms with E-state index in [1.165, 1.54) is 6.34 Å². The molecular weight excluding hydrogens is 1140 g/mol. The quantitative estimate of drug-likeness (QED) is 0.0193. The summed E-state index contributed by atoms with van der Waals surface area (Å²) in [6.07, 6.45) is 2.41. The zero-order valence-electron chi connectivity index (χ0n) is 47.4. The molecule has 6 rings (SSSR count). The van der Waals surface area contributed by atoms with Crippen LogP contribution in [0.15, 0.2) is 70.8 Å². The van der Waals surface area contributed by atoms with Gasteiger partial charge in [0.2, 0.25) is 47.3 Å². The van der Waals surface area contributed by atoms with E-state index in [0.717, 1.165) is 37.4 Å². The number of aliphatic carboxylic acids is 1. The lowest BCUT2D eigenvalue weighted by Crippen LogP contribution is -2.61. The number of unbranched alkanes of at least 4 members (excludes halogenated alkanes) is 1. The molecule has 0 bridgehead atoms. The van der Waals surface area contributed by atoms with Crippen molar-refractivity contribution >= 4 is 110 Å². The number of nitrogens with one attached hydrogen (secondary N) is 10. The minimum atomic E-state index is -1.69. The Morgan fingerprint density at radius 3 is 2.00 bits per heavy atom. The SMILES string of the molecule is CCCC[C@@H](C(=O)N[C@H]1CSSC[C@@H](C(N)=O)NC(=O)[C@H](Cc2c[nH]c3ccccc23)NC(=O)[C@H](CCCN=C(N)N)NC(=O)[C@@H](Cc2ccccc2)NC(=O)[C@H](CC2CN=CN2)NC(=O)[C@H](CCC(=O)O)NC1=O)N1C(=O)N[C@@H](C(C)C)C1=O. The van der Waals surface area contributed by atoms with Gasteiger partial charge in [0.15, 0.2) is 5.96 Å². The van der Waals surface area contributed by atoms with Gasteiger partial charge in [-0.05, 0) is 55.2 Å². The number of carboxylic acids is 1. The van der Waals surface area contributed by atoms with Crippen molar-refractivity contribution in [2.75, 3.05) is 24.6 Å². The molecule has 3 aliphatic heterocycles. The maximum Gasteiger partial charge on any atom is 0.325 e. The first kappa shape index (κ1) is 65.7. The first-order chi connectivity index (χ1) is 40.6. The minimum Gasteiger partial charge on any atom is -0.481 e. The molecule has 2 fully saturated rings. The number of rotatable bonds is 21. The van der Waals surface area contributed by atoms with Crippen molar-refractivity contribution in [3.63, 3.8) is 0 Å². The fourth-order valence-corrected chi connectivity index (χ4v) is 12.0. The highest BCUT2D eigenvalue weighted by Gasteiger charge is 2.46. The largest absolute Gasteiger partial charge is 0.481 e. The molecule has 1 unspecified atom stereocenters. The van der Waals surface area contributed by atoms with E-state index in [4.69, 9.17) is 17.2 Å². The van der Waals surface area contributed by atoms with Crippen molar-refractivity contribution in [2.45, 2.75) is 145 Å². The lowest BCUT2D eigenvalue weighted by atomic mass is 10.0. The molecule has 2 saturated heterocycles. The van der Waals surface area contributed by atoms with Gasteiger partial charge in [-0.2, -0.15) is 0 Å². The number of aromatic nitrogens is 1. The summed E-state index contributed by atoms with van der Waals surface area (Å²) in [7, 11) is 1.87. The number of imide groups is 1. The van der Waals surface area contributed by atoms with Crippen LogP contribution in [0, 0.1) is 5.92 Å². The fraction of sp³-hybridized carbons (Fsp3) is 0.509. The third kappa shape index (κ3) is 19.3. The number of hydrogen-bond donors (Lipinski definition) is 14. The predicted octanol–water partition coefficient (Wildman–Crippen LogP) is -1.33. The predicted molar refractivity (Wildman–Crippen MR) is 319 cm³/mol. The summed E-state index contributed by atoms with van der Waals surface area (Å²) in [4.78, 5) is 167. The molecule has 3 aliphatic rings. The van der Waals surface area contributed by atoms with Gasteiger partial charge in [0.25, 0.3) is 5.91 Å². The summed E-state index contributed by atoms with van der Waals surface area (Å²) in [6.45, 7) is 5.48. The molecule has 2 aromatic carbocycles. The van der Waals surface area contributed by atoms with E-state index in [-0.39, 0.29) is 75.0 Å². The molecule has 3 aromatic rings. The molecule has 460 valence electrons. The van der Waals surface area contributed by atoms with Crippen molar-refractivity contribution in [1.82, 2.24) is 57.7 Å². The maximum atomic E-state index is 14.8. The number of aromatic amines is 1. The number of benzene rings is 2. The van der Waals surface area contributed by atoms with Gasteiger partial charge < -0.3 is 75.1 Å². The Morgan fingerprint density at radius 1 is 0.741 bits per heavy atom. The Morgan fingerprint density at radius 2 is 1.35 bits per heavy atom. The summed E-state index contributed by atoms with van der Waals surface area (Å²) >= 11 is 0. The van der Waals surface area contributed by atoms with Crippen LogP contribution in [0.2, 0.25) is 0 Å². The van der Waals surface area contributed by atoms with E-state index >= 15 is 0 Å². The number of aliphatic imine (C=N–C) groups is 2. The number of para-hydroxylation sites is 1. The summed E-state index contributed by atoms with van der Waals surface area (Å²) in [5, 5.41) is 34.9. The topological polar surface area (TPSA) is 438 Å². The van der Waals surface area contributed by atoms with Crippen LogP contribution in [0.4, 0.5) is 4.79 Å². The zero-order valence-corrected chi connectivity index (χ0v) is 49.1. The van der Waals surface area contributed by atoms with Crippen LogP contribution in [-0.4, -0.2) is 177 Å². The molecule has 85 heavy (non-hydrogen) atoms. The normalized spacial score (nSPS) is 24.4. The van der Waals surface area contributed by atoms with Crippen molar-refractivity contribution < 1.29 is 57.8 Å². The standard InChI is InChI=1S/C55H76N16O12S2/c1-4-5-17-42(71-53(82)44(29(2)3)70-55(71)83)52(81)69-41-27-85-84-26-40(45(56)74)68-49(78)38(22-31-24-61-34-15-10-9-14-33(31)34)66-46(75)35(16-11-20-60-54(57)58)63-48(77)37(21-30-12-7-6-8-13-30)65-50(79)39(23-32-25-59-28-62-32)67-47(76)36(64-51(41)80)18-19-43(72)73/h6-10,12-15,24,28-29,32,35-42,44,61H,4-5,11,16-23,25-27H2,1-3H3,(H2,56,74)(H,59,62)(H,63,77)(H,64,80)(H,65,79)(H,66,75)(H,67,76)(H,68,78)(H,69,81)(H,70,83)(H,72,73)(H4,57,58,60)/t32?,35-,36-,37+,38-,39-,40-,41-,42-,44-/m0/s1. The molecule has 0 saturated carbocycles. The number of guanidine groups is 1. The second kappa shape index (κ2) is 32.0. The van der Waals surface area contributed by atoms with Gasteiger partial charge in [0, 0.05) is 60.5 Å². The lowest BCUT2D eigenvalue weighted by molar-refractivity contribution is -0.139. The van der Waals surface area contributed by atoms with Gasteiger partial charge >= 0.3 is 12.0 Å².